The maximum Gasteiger partial charge on any atom is 0.257 e. The molecule has 0 atom stereocenters. The van der Waals surface area contributed by atoms with Gasteiger partial charge in [-0.3, -0.25) is 4.90 Å². The molecule has 0 unspecified atom stereocenters. The molecule has 7 aromatic rings. The van der Waals surface area contributed by atoms with Crippen LogP contribution in [0.15, 0.2) is 95.4 Å². The predicted molar refractivity (Wildman–Crippen MR) is 340 cm³/mol. The quantitative estimate of drug-likeness (QED) is 0.164. The van der Waals surface area contributed by atoms with Crippen LogP contribution in [0.5, 0.6) is 0 Å². The molecule has 3 heterocycles. The Morgan fingerprint density at radius 2 is 0.835 bits per heavy atom. The minimum Gasteiger partial charge on any atom is -0.440 e. The van der Waals surface area contributed by atoms with Crippen LogP contribution in [0.4, 0.5) is 34.3 Å². The minimum absolute atomic E-state index is 0.000180. The zero-order valence-electron chi connectivity index (χ0n) is 52.2. The van der Waals surface area contributed by atoms with E-state index in [-0.39, 0.29) is 55.4 Å². The van der Waals surface area contributed by atoms with Crippen LogP contribution in [0.2, 0.25) is 0 Å². The van der Waals surface area contributed by atoms with Gasteiger partial charge in [0.1, 0.15) is 5.58 Å². The number of hydrogen-bond donors (Lipinski definition) is 0. The van der Waals surface area contributed by atoms with E-state index in [1.165, 1.54) is 123 Å². The van der Waals surface area contributed by atoms with Gasteiger partial charge in [0.25, 0.3) is 6.71 Å². The van der Waals surface area contributed by atoms with Crippen LogP contribution in [0.1, 0.15) is 239 Å². The van der Waals surface area contributed by atoms with E-state index < -0.39 is 0 Å². The fraction of sp³-hybridized carbons (Fsp3) is 0.493. The summed E-state index contributed by atoms with van der Waals surface area (Å²) in [6.07, 6.45) is 9.28. The summed E-state index contributed by atoms with van der Waals surface area (Å²) in [6.45, 7) is 49.0. The zero-order chi connectivity index (χ0) is 56.5. The van der Waals surface area contributed by atoms with Crippen LogP contribution in [-0.2, 0) is 48.7 Å². The number of fused-ring (bicyclic) bond motifs is 10. The molecule has 0 saturated heterocycles. The Bertz CT molecular complexity index is 3740. The molecule has 0 saturated carbocycles. The summed E-state index contributed by atoms with van der Waals surface area (Å²) in [6, 6.07) is 38.1. The monoisotopic (exact) mass is 1050 g/mol. The van der Waals surface area contributed by atoms with Gasteiger partial charge in [-0.05, 0) is 234 Å². The first kappa shape index (κ1) is 52.9. The summed E-state index contributed by atoms with van der Waals surface area (Å²) in [4.78, 5) is 5.38. The van der Waals surface area contributed by atoms with Gasteiger partial charge in [0.15, 0.2) is 0 Å². The van der Waals surface area contributed by atoms with E-state index in [9.17, 15) is 0 Å². The second-order valence-corrected chi connectivity index (χ2v) is 32.5. The van der Waals surface area contributed by atoms with Gasteiger partial charge in [0.05, 0.1) is 5.69 Å². The molecule has 0 fully saturated rings. The van der Waals surface area contributed by atoms with E-state index in [1.54, 1.807) is 0 Å². The summed E-state index contributed by atoms with van der Waals surface area (Å²) in [5.74, 6) is 0.976. The second kappa shape index (κ2) is 16.4. The Morgan fingerprint density at radius 3 is 1.35 bits per heavy atom. The first-order valence-corrected chi connectivity index (χ1v) is 30.6. The lowest BCUT2D eigenvalue weighted by atomic mass is 9.33. The molecule has 6 aliphatic rings. The molecule has 2 aliphatic heterocycles. The molecule has 13 rings (SSSR count). The van der Waals surface area contributed by atoms with Crippen molar-refractivity contribution in [1.82, 2.24) is 0 Å². The third-order valence-corrected chi connectivity index (χ3v) is 22.1. The van der Waals surface area contributed by atoms with Crippen LogP contribution < -0.4 is 26.2 Å². The number of benzene rings is 6. The van der Waals surface area contributed by atoms with Gasteiger partial charge in [-0.25, -0.2) is 0 Å². The number of hydrogen-bond acceptors (Lipinski definition) is 3. The zero-order valence-corrected chi connectivity index (χ0v) is 52.2. The summed E-state index contributed by atoms with van der Waals surface area (Å²) in [7, 11) is 0. The van der Waals surface area contributed by atoms with Crippen LogP contribution in [0.25, 0.3) is 22.1 Å². The van der Waals surface area contributed by atoms with E-state index in [4.69, 9.17) is 4.42 Å². The van der Waals surface area contributed by atoms with Crippen molar-refractivity contribution in [3.63, 3.8) is 0 Å². The van der Waals surface area contributed by atoms with Crippen molar-refractivity contribution < 1.29 is 4.42 Å². The van der Waals surface area contributed by atoms with Gasteiger partial charge >= 0.3 is 0 Å². The molecule has 410 valence electrons. The van der Waals surface area contributed by atoms with Crippen molar-refractivity contribution >= 4 is 68.4 Å². The van der Waals surface area contributed by atoms with Crippen molar-refractivity contribution in [2.45, 2.75) is 239 Å². The molecule has 0 amide bonds. The summed E-state index contributed by atoms with van der Waals surface area (Å²) < 4.78 is 7.76. The molecular weight excluding hydrogens is 956 g/mol. The highest BCUT2D eigenvalue weighted by molar-refractivity contribution is 7.01. The topological polar surface area (TPSA) is 19.6 Å². The first-order valence-electron chi connectivity index (χ1n) is 30.6. The second-order valence-electron chi connectivity index (χ2n) is 32.5. The SMILES string of the molecule is Cc1cc2c3c(c1)N(c1ccc4c(c1)C(C)(C)CCC4(C)C)c1oc4cc5c(cc4c1B3c1cc3c(cc1N2c1cc2c(cc1-c1ccc(C(C)(C)C)cc1)C(C)(C)CCC2(C)C)C(C)(C)CCC3(C)C)C(C)(C)CCC5(C)C. The van der Waals surface area contributed by atoms with Gasteiger partial charge < -0.3 is 9.32 Å². The average molecular weight is 1050 g/mol. The van der Waals surface area contributed by atoms with Crippen molar-refractivity contribution in [2.24, 2.45) is 0 Å². The van der Waals surface area contributed by atoms with Crippen molar-refractivity contribution in [1.29, 1.82) is 0 Å². The van der Waals surface area contributed by atoms with Gasteiger partial charge in [-0.2, -0.15) is 0 Å². The lowest BCUT2D eigenvalue weighted by Crippen LogP contribution is -2.61. The predicted octanol–water partition coefficient (Wildman–Crippen LogP) is 19.2. The molecular formula is C75H91BN2O. The van der Waals surface area contributed by atoms with Crippen molar-refractivity contribution in [3.05, 3.63) is 147 Å². The van der Waals surface area contributed by atoms with Crippen LogP contribution in [-0.4, -0.2) is 6.71 Å². The van der Waals surface area contributed by atoms with E-state index >= 15 is 0 Å². The van der Waals surface area contributed by atoms with Crippen molar-refractivity contribution in [3.8, 4) is 11.1 Å². The third kappa shape index (κ3) is 7.77. The molecule has 79 heavy (non-hydrogen) atoms. The lowest BCUT2D eigenvalue weighted by Gasteiger charge is -2.48. The molecule has 0 radical (unpaired) electrons. The molecule has 0 spiro atoms. The van der Waals surface area contributed by atoms with Gasteiger partial charge in [-0.1, -0.05) is 168 Å². The smallest absolute Gasteiger partial charge is 0.257 e. The molecule has 0 bridgehead atoms. The highest BCUT2D eigenvalue weighted by Crippen LogP contribution is 2.57. The highest BCUT2D eigenvalue weighted by atomic mass is 16.4. The van der Waals surface area contributed by atoms with Crippen molar-refractivity contribution in [2.75, 3.05) is 9.80 Å². The summed E-state index contributed by atoms with van der Waals surface area (Å²) in [5.41, 5.74) is 28.7. The Kier molecular flexibility index (Phi) is 11.0. The minimum atomic E-state index is -0.0798. The maximum absolute atomic E-state index is 7.76. The highest BCUT2D eigenvalue weighted by Gasteiger charge is 2.51. The van der Waals surface area contributed by atoms with E-state index in [0.29, 0.717) is 0 Å². The Balaban J connectivity index is 1.19. The number of furan rings is 1. The normalized spacial score (nSPS) is 21.7. The number of anilines is 6. The fourth-order valence-corrected chi connectivity index (χ4v) is 16.2. The van der Waals surface area contributed by atoms with E-state index in [2.05, 4.69) is 239 Å². The fourth-order valence-electron chi connectivity index (χ4n) is 16.2. The number of aryl methyl sites for hydroxylation is 1. The largest absolute Gasteiger partial charge is 0.440 e. The molecule has 1 aromatic heterocycles. The number of rotatable bonds is 3. The molecule has 3 nitrogen and oxygen atoms in total. The maximum atomic E-state index is 7.76. The Morgan fingerprint density at radius 1 is 0.405 bits per heavy atom. The lowest BCUT2D eigenvalue weighted by molar-refractivity contribution is 0.332. The third-order valence-electron chi connectivity index (χ3n) is 22.1. The molecule has 6 aromatic carbocycles. The standard InChI is InChI=1S/C75H91BN2O/c1-44-35-61-65-62(36-44)78(59-41-55-52(70(9,10)29-32-73(55,15)16)38-48(59)45-21-23-46(24-22-45)67(2,3)4)60-42-56-54(72(13,14)31-33-74(56,17)18)40-58(60)76(65)64-49-39-53-57(75(19,20)34-30-71(53,11)12)43-63(49)79-66(64)77(61)47-25-26-50-51(37-47)69(7,8)28-27-68(50,5)6/h21-26,35-43H,27-34H2,1-20H3. The van der Waals surface area contributed by atoms with Crippen LogP contribution >= 0.6 is 0 Å². The average Bonchev–Trinajstić information content (AvgIpc) is 4.03. The first-order chi connectivity index (χ1) is 36.6. The van der Waals surface area contributed by atoms with E-state index in [0.717, 1.165) is 56.4 Å². The molecule has 4 heteroatoms. The Hall–Kier alpha value is -5.48. The molecule has 4 aliphatic carbocycles. The summed E-state index contributed by atoms with van der Waals surface area (Å²) in [5, 5.41) is 1.26. The van der Waals surface area contributed by atoms with Gasteiger partial charge in [0, 0.05) is 39.2 Å². The number of nitrogens with zero attached hydrogens (tertiary/aromatic N) is 2. The summed E-state index contributed by atoms with van der Waals surface area (Å²) >= 11 is 0. The van der Waals surface area contributed by atoms with Gasteiger partial charge in [0.2, 0.25) is 5.88 Å². The molecule has 0 N–H and O–H groups in total. The van der Waals surface area contributed by atoms with Crippen LogP contribution in [0, 0.1) is 6.92 Å². The Labute approximate surface area is 476 Å². The van der Waals surface area contributed by atoms with Crippen LogP contribution in [0.3, 0.4) is 0 Å². The van der Waals surface area contributed by atoms with E-state index in [1.807, 2.05) is 0 Å². The van der Waals surface area contributed by atoms with Gasteiger partial charge in [-0.15, -0.1) is 0 Å².